The van der Waals surface area contributed by atoms with Crippen molar-refractivity contribution in [2.45, 2.75) is 25.8 Å². The van der Waals surface area contributed by atoms with Gasteiger partial charge in [0, 0.05) is 37.5 Å². The van der Waals surface area contributed by atoms with E-state index < -0.39 is 0 Å². The van der Waals surface area contributed by atoms with Gasteiger partial charge in [-0.3, -0.25) is 14.5 Å². The molecule has 1 fully saturated rings. The van der Waals surface area contributed by atoms with Crippen molar-refractivity contribution < 1.29 is 9.32 Å². The van der Waals surface area contributed by atoms with E-state index in [0.29, 0.717) is 36.3 Å². The van der Waals surface area contributed by atoms with Gasteiger partial charge in [-0.1, -0.05) is 10.4 Å². The zero-order chi connectivity index (χ0) is 19.2. The summed E-state index contributed by atoms with van der Waals surface area (Å²) in [7, 11) is 0. The number of nitrogens with zero attached hydrogens (tertiary/aromatic N) is 6. The summed E-state index contributed by atoms with van der Waals surface area (Å²) in [5, 5.41) is 18.2. The Balaban J connectivity index is 0.00000240. The van der Waals surface area contributed by atoms with Crippen LogP contribution in [0.1, 0.15) is 29.2 Å². The van der Waals surface area contributed by atoms with E-state index in [-0.39, 0.29) is 18.3 Å². The van der Waals surface area contributed by atoms with Crippen LogP contribution in [0.2, 0.25) is 0 Å². The number of hydrogen-bond acceptors (Lipinski definition) is 8. The van der Waals surface area contributed by atoms with Crippen molar-refractivity contribution in [3.8, 4) is 11.4 Å². The molecule has 0 bridgehead atoms. The van der Waals surface area contributed by atoms with Gasteiger partial charge in [0.25, 0.3) is 5.91 Å². The van der Waals surface area contributed by atoms with Crippen LogP contribution in [0, 0.1) is 5.92 Å². The minimum absolute atomic E-state index is 0. The third-order valence-corrected chi connectivity index (χ3v) is 4.63. The molecule has 0 saturated carbocycles. The van der Waals surface area contributed by atoms with Crippen LogP contribution in [0.25, 0.3) is 11.4 Å². The third-order valence-electron chi connectivity index (χ3n) is 4.63. The molecule has 1 atom stereocenters. The molecule has 29 heavy (non-hydrogen) atoms. The van der Waals surface area contributed by atoms with Crippen LogP contribution < -0.4 is 10.6 Å². The summed E-state index contributed by atoms with van der Waals surface area (Å²) < 4.78 is 6.96. The number of hydrogen-bond donors (Lipinski definition) is 2. The van der Waals surface area contributed by atoms with E-state index in [1.54, 1.807) is 23.3 Å². The molecule has 1 aliphatic heterocycles. The molecule has 1 aliphatic rings. The number of rotatable bonds is 7. The fourth-order valence-electron chi connectivity index (χ4n) is 3.18. The Bertz CT molecular complexity index is 907. The number of aromatic nitrogens is 6. The molecule has 0 aromatic carbocycles. The summed E-state index contributed by atoms with van der Waals surface area (Å²) in [5.74, 6) is 1.19. The lowest BCUT2D eigenvalue weighted by atomic mass is 10.00. The highest BCUT2D eigenvalue weighted by molar-refractivity contribution is 5.91. The molecule has 1 saturated heterocycles. The van der Waals surface area contributed by atoms with E-state index in [9.17, 15) is 4.79 Å². The average Bonchev–Trinajstić information content (AvgIpc) is 3.39. The van der Waals surface area contributed by atoms with Gasteiger partial charge in [-0.15, -0.1) is 17.5 Å². The summed E-state index contributed by atoms with van der Waals surface area (Å²) in [6.07, 6.45) is 7.81. The smallest absolute Gasteiger partial charge is 0.273 e. The highest BCUT2D eigenvalue weighted by Gasteiger charge is 2.16. The molecule has 0 spiro atoms. The molecule has 3 aromatic heterocycles. The molecule has 0 radical (unpaired) electrons. The van der Waals surface area contributed by atoms with Crippen LogP contribution in [0.3, 0.4) is 0 Å². The fraction of sp³-hybridized carbons (Fsp3) is 0.444. The number of amides is 1. The van der Waals surface area contributed by atoms with Crippen molar-refractivity contribution in [3.63, 3.8) is 0 Å². The van der Waals surface area contributed by atoms with Crippen molar-refractivity contribution in [1.82, 2.24) is 40.8 Å². The zero-order valence-electron chi connectivity index (χ0n) is 15.8. The first-order chi connectivity index (χ1) is 13.8. The van der Waals surface area contributed by atoms with Crippen molar-refractivity contribution in [2.75, 3.05) is 19.6 Å². The van der Waals surface area contributed by atoms with Gasteiger partial charge in [0.15, 0.2) is 5.69 Å². The maximum atomic E-state index is 12.3. The van der Waals surface area contributed by atoms with E-state index in [1.165, 1.54) is 12.8 Å². The van der Waals surface area contributed by atoms with Gasteiger partial charge in [0.1, 0.15) is 0 Å². The molecule has 3 aromatic rings. The summed E-state index contributed by atoms with van der Waals surface area (Å²) in [6, 6.07) is 3.67. The second kappa shape index (κ2) is 10.1. The van der Waals surface area contributed by atoms with Gasteiger partial charge >= 0.3 is 0 Å². The Hall–Kier alpha value is -2.85. The van der Waals surface area contributed by atoms with E-state index in [2.05, 4.69) is 36.1 Å². The second-order valence-electron chi connectivity index (χ2n) is 6.80. The predicted molar refractivity (Wildman–Crippen MR) is 106 cm³/mol. The highest BCUT2D eigenvalue weighted by Crippen LogP contribution is 2.14. The maximum Gasteiger partial charge on any atom is 0.273 e. The first-order valence-electron chi connectivity index (χ1n) is 9.40. The Morgan fingerprint density at radius 1 is 1.41 bits per heavy atom. The van der Waals surface area contributed by atoms with Crippen molar-refractivity contribution in [3.05, 3.63) is 42.3 Å². The van der Waals surface area contributed by atoms with Crippen LogP contribution >= 0.6 is 12.4 Å². The standard InChI is InChI=1S/C18H22N8O2.ClH/c27-18(15-12-26(25-23-15)11-13-3-1-6-19-9-13)21-8-5-16-22-17(24-28-16)14-4-2-7-20-10-14;/h2,4,7,10,12-13,19H,1,3,5-6,8-9,11H2,(H,21,27);1H. The lowest BCUT2D eigenvalue weighted by molar-refractivity contribution is 0.0948. The van der Waals surface area contributed by atoms with Crippen molar-refractivity contribution in [1.29, 1.82) is 0 Å². The minimum atomic E-state index is -0.264. The number of piperidine rings is 1. The summed E-state index contributed by atoms with van der Waals surface area (Å²) in [5.41, 5.74) is 1.09. The third kappa shape index (κ3) is 5.58. The van der Waals surface area contributed by atoms with E-state index >= 15 is 0 Å². The molecule has 1 unspecified atom stereocenters. The quantitative estimate of drug-likeness (QED) is 0.585. The number of carbonyl (C=O) groups excluding carboxylic acids is 1. The Morgan fingerprint density at radius 3 is 3.14 bits per heavy atom. The number of pyridine rings is 1. The summed E-state index contributed by atoms with van der Waals surface area (Å²) >= 11 is 0. The lowest BCUT2D eigenvalue weighted by Gasteiger charge is -2.22. The van der Waals surface area contributed by atoms with Crippen molar-refractivity contribution in [2.24, 2.45) is 5.92 Å². The van der Waals surface area contributed by atoms with E-state index in [4.69, 9.17) is 4.52 Å². The molecule has 10 nitrogen and oxygen atoms in total. The number of nitrogens with one attached hydrogen (secondary N) is 2. The molecule has 1 amide bonds. The Labute approximate surface area is 173 Å². The molecule has 11 heteroatoms. The van der Waals surface area contributed by atoms with E-state index in [0.717, 1.165) is 25.2 Å². The van der Waals surface area contributed by atoms with Crippen LogP contribution in [-0.4, -0.2) is 55.7 Å². The van der Waals surface area contributed by atoms with Crippen LogP contribution in [0.5, 0.6) is 0 Å². The predicted octanol–water partition coefficient (Wildman–Crippen LogP) is 1.12. The minimum Gasteiger partial charge on any atom is -0.350 e. The average molecular weight is 419 g/mol. The molecule has 2 N–H and O–H groups in total. The monoisotopic (exact) mass is 418 g/mol. The van der Waals surface area contributed by atoms with Crippen LogP contribution in [0.4, 0.5) is 0 Å². The zero-order valence-corrected chi connectivity index (χ0v) is 16.6. The SMILES string of the molecule is Cl.O=C(NCCc1nc(-c2cccnc2)no1)c1cn(CC2CCCNC2)nn1. The van der Waals surface area contributed by atoms with Gasteiger partial charge in [-0.05, 0) is 44.0 Å². The molecule has 0 aliphatic carbocycles. The van der Waals surface area contributed by atoms with Gasteiger partial charge in [0.05, 0.1) is 6.20 Å². The normalized spacial score (nSPS) is 16.2. The number of halogens is 1. The topological polar surface area (TPSA) is 124 Å². The molecule has 4 rings (SSSR count). The Morgan fingerprint density at radius 2 is 2.34 bits per heavy atom. The Kier molecular flexibility index (Phi) is 7.25. The summed E-state index contributed by atoms with van der Waals surface area (Å²) in [4.78, 5) is 20.6. The maximum absolute atomic E-state index is 12.3. The molecular formula is C18H23ClN8O2. The highest BCUT2D eigenvalue weighted by atomic mass is 35.5. The van der Waals surface area contributed by atoms with Gasteiger partial charge in [-0.2, -0.15) is 4.98 Å². The molecule has 4 heterocycles. The fourth-order valence-corrected chi connectivity index (χ4v) is 3.18. The number of carbonyl (C=O) groups is 1. The van der Waals surface area contributed by atoms with Gasteiger partial charge in [-0.25, -0.2) is 0 Å². The first kappa shape index (κ1) is 20.9. The van der Waals surface area contributed by atoms with Gasteiger partial charge in [0.2, 0.25) is 11.7 Å². The second-order valence-corrected chi connectivity index (χ2v) is 6.80. The van der Waals surface area contributed by atoms with Crippen LogP contribution in [-0.2, 0) is 13.0 Å². The first-order valence-corrected chi connectivity index (χ1v) is 9.40. The van der Waals surface area contributed by atoms with Gasteiger partial charge < -0.3 is 15.2 Å². The van der Waals surface area contributed by atoms with E-state index in [1.807, 2.05) is 12.1 Å². The lowest BCUT2D eigenvalue weighted by Crippen LogP contribution is -2.32. The van der Waals surface area contributed by atoms with Crippen molar-refractivity contribution >= 4 is 18.3 Å². The molecule has 154 valence electrons. The largest absolute Gasteiger partial charge is 0.350 e. The van der Waals surface area contributed by atoms with Crippen LogP contribution in [0.15, 0.2) is 35.2 Å². The molecular weight excluding hydrogens is 396 g/mol. The summed E-state index contributed by atoms with van der Waals surface area (Å²) in [6.45, 7) is 3.19.